The summed E-state index contributed by atoms with van der Waals surface area (Å²) < 4.78 is 0. The third-order valence-corrected chi connectivity index (χ3v) is 3.09. The molecular weight excluding hydrogens is 196 g/mol. The number of benzene rings is 1. The Kier molecular flexibility index (Phi) is 1.33. The summed E-state index contributed by atoms with van der Waals surface area (Å²) in [5.41, 5.74) is 7.00. The minimum atomic E-state index is 1.08. The van der Waals surface area contributed by atoms with Crippen molar-refractivity contribution in [3.8, 4) is 0 Å². The van der Waals surface area contributed by atoms with E-state index in [1.54, 1.807) is 0 Å². The number of fused-ring (bicyclic) bond motifs is 5. The Labute approximate surface area is 93.0 Å². The Morgan fingerprint density at radius 2 is 1.88 bits per heavy atom. The average molecular weight is 204 g/mol. The lowest BCUT2D eigenvalue weighted by atomic mass is 10.0. The first kappa shape index (κ1) is 7.99. The molecular formula is C14H8N2. The van der Waals surface area contributed by atoms with Crippen molar-refractivity contribution in [1.82, 2.24) is 4.98 Å². The van der Waals surface area contributed by atoms with Gasteiger partial charge in [-0.25, -0.2) is 4.99 Å². The van der Waals surface area contributed by atoms with Gasteiger partial charge in [-0.3, -0.25) is 4.98 Å². The molecule has 0 spiro atoms. The van der Waals surface area contributed by atoms with E-state index >= 15 is 0 Å². The van der Waals surface area contributed by atoms with Gasteiger partial charge < -0.3 is 0 Å². The van der Waals surface area contributed by atoms with Gasteiger partial charge in [0, 0.05) is 34.7 Å². The summed E-state index contributed by atoms with van der Waals surface area (Å²) in [6.45, 7) is 0. The Balaban J connectivity index is 2.03. The highest BCUT2D eigenvalue weighted by Gasteiger charge is 2.27. The SMILES string of the molecule is C1=C2C(=Nc3ccccc32)c2ccncc21. The normalized spacial score (nSPS) is 15.0. The highest BCUT2D eigenvalue weighted by molar-refractivity contribution is 6.43. The third-order valence-electron chi connectivity index (χ3n) is 3.09. The van der Waals surface area contributed by atoms with E-state index in [9.17, 15) is 0 Å². The molecule has 0 saturated heterocycles. The molecule has 0 saturated carbocycles. The molecule has 2 aliphatic rings. The Morgan fingerprint density at radius 1 is 0.938 bits per heavy atom. The molecule has 2 heterocycles. The van der Waals surface area contributed by atoms with Gasteiger partial charge in [0.05, 0.1) is 11.4 Å². The van der Waals surface area contributed by atoms with E-state index in [4.69, 9.17) is 0 Å². The summed E-state index contributed by atoms with van der Waals surface area (Å²) in [4.78, 5) is 8.82. The van der Waals surface area contributed by atoms with Gasteiger partial charge in [-0.15, -0.1) is 0 Å². The molecule has 0 atom stereocenters. The molecule has 0 radical (unpaired) electrons. The summed E-state index contributed by atoms with van der Waals surface area (Å²) in [5, 5.41) is 0. The molecule has 2 aromatic rings. The number of pyridine rings is 1. The van der Waals surface area contributed by atoms with Crippen molar-refractivity contribution in [2.24, 2.45) is 4.99 Å². The number of allylic oxidation sites excluding steroid dienone is 1. The molecule has 1 aliphatic carbocycles. The molecule has 2 nitrogen and oxygen atoms in total. The fraction of sp³-hybridized carbons (Fsp3) is 0. The zero-order valence-corrected chi connectivity index (χ0v) is 8.51. The van der Waals surface area contributed by atoms with Gasteiger partial charge in [0.25, 0.3) is 0 Å². The first-order valence-corrected chi connectivity index (χ1v) is 5.28. The lowest BCUT2D eigenvalue weighted by Gasteiger charge is -1.96. The van der Waals surface area contributed by atoms with Crippen LogP contribution < -0.4 is 0 Å². The van der Waals surface area contributed by atoms with E-state index in [0.29, 0.717) is 0 Å². The maximum absolute atomic E-state index is 4.68. The summed E-state index contributed by atoms with van der Waals surface area (Å²) in [6.07, 6.45) is 5.89. The van der Waals surface area contributed by atoms with Crippen LogP contribution >= 0.6 is 0 Å². The van der Waals surface area contributed by atoms with Gasteiger partial charge >= 0.3 is 0 Å². The van der Waals surface area contributed by atoms with Crippen molar-refractivity contribution >= 4 is 23.0 Å². The number of nitrogens with zero attached hydrogens (tertiary/aromatic N) is 2. The van der Waals surface area contributed by atoms with Crippen LogP contribution in [0.2, 0.25) is 0 Å². The minimum Gasteiger partial charge on any atom is -0.264 e. The molecule has 16 heavy (non-hydrogen) atoms. The second-order valence-electron chi connectivity index (χ2n) is 4.00. The van der Waals surface area contributed by atoms with Crippen LogP contribution in [0.1, 0.15) is 16.7 Å². The Hall–Kier alpha value is -2.22. The molecule has 0 unspecified atom stereocenters. The van der Waals surface area contributed by atoms with E-state index in [2.05, 4.69) is 34.3 Å². The van der Waals surface area contributed by atoms with Crippen LogP contribution in [0.4, 0.5) is 5.69 Å². The smallest absolute Gasteiger partial charge is 0.0796 e. The van der Waals surface area contributed by atoms with E-state index in [-0.39, 0.29) is 0 Å². The van der Waals surface area contributed by atoms with E-state index in [0.717, 1.165) is 11.4 Å². The van der Waals surface area contributed by atoms with Gasteiger partial charge in [-0.2, -0.15) is 0 Å². The van der Waals surface area contributed by atoms with Crippen LogP contribution in [0.15, 0.2) is 47.7 Å². The number of hydrogen-bond acceptors (Lipinski definition) is 2. The zero-order chi connectivity index (χ0) is 10.5. The van der Waals surface area contributed by atoms with Gasteiger partial charge in [0.2, 0.25) is 0 Å². The topological polar surface area (TPSA) is 25.2 Å². The van der Waals surface area contributed by atoms with Crippen LogP contribution in [0, 0.1) is 0 Å². The van der Waals surface area contributed by atoms with Crippen LogP contribution in [-0.4, -0.2) is 10.7 Å². The highest BCUT2D eigenvalue weighted by Crippen LogP contribution is 2.42. The molecule has 0 fully saturated rings. The summed E-state index contributed by atoms with van der Waals surface area (Å²) in [7, 11) is 0. The third kappa shape index (κ3) is 0.865. The summed E-state index contributed by atoms with van der Waals surface area (Å²) in [6, 6.07) is 10.3. The number of aliphatic imine (C=N–C) groups is 1. The standard InChI is InChI=1S/C14H8N2/c1-2-4-13-11(3-1)12-7-9-8-15-6-5-10(9)14(12)16-13/h1-8H. The first-order valence-electron chi connectivity index (χ1n) is 5.28. The predicted molar refractivity (Wildman–Crippen MR) is 64.7 cm³/mol. The van der Waals surface area contributed by atoms with Crippen molar-refractivity contribution in [2.45, 2.75) is 0 Å². The molecule has 0 bridgehead atoms. The van der Waals surface area contributed by atoms with Crippen molar-refractivity contribution in [2.75, 3.05) is 0 Å². The molecule has 4 rings (SSSR count). The van der Waals surface area contributed by atoms with Crippen molar-refractivity contribution < 1.29 is 0 Å². The van der Waals surface area contributed by atoms with Gasteiger partial charge in [0.1, 0.15) is 0 Å². The molecule has 1 aromatic heterocycles. The Morgan fingerprint density at radius 3 is 2.88 bits per heavy atom. The van der Waals surface area contributed by atoms with Crippen LogP contribution in [-0.2, 0) is 0 Å². The summed E-state index contributed by atoms with van der Waals surface area (Å²) >= 11 is 0. The number of para-hydroxylation sites is 1. The number of aromatic nitrogens is 1. The maximum Gasteiger partial charge on any atom is 0.0796 e. The molecule has 0 amide bonds. The molecule has 0 N–H and O–H groups in total. The molecule has 74 valence electrons. The second-order valence-corrected chi connectivity index (χ2v) is 4.00. The quantitative estimate of drug-likeness (QED) is 0.647. The minimum absolute atomic E-state index is 1.08. The van der Waals surface area contributed by atoms with E-state index in [1.165, 1.54) is 22.3 Å². The van der Waals surface area contributed by atoms with E-state index in [1.807, 2.05) is 24.5 Å². The molecule has 1 aliphatic heterocycles. The fourth-order valence-corrected chi connectivity index (χ4v) is 2.35. The monoisotopic (exact) mass is 204 g/mol. The van der Waals surface area contributed by atoms with Gasteiger partial charge in [-0.05, 0) is 18.2 Å². The maximum atomic E-state index is 4.68. The average Bonchev–Trinajstić information content (AvgIpc) is 2.85. The zero-order valence-electron chi connectivity index (χ0n) is 8.51. The van der Waals surface area contributed by atoms with Gasteiger partial charge in [0.15, 0.2) is 0 Å². The highest BCUT2D eigenvalue weighted by atomic mass is 14.8. The summed E-state index contributed by atoms with van der Waals surface area (Å²) in [5.74, 6) is 0. The second kappa shape index (κ2) is 2.67. The van der Waals surface area contributed by atoms with Crippen molar-refractivity contribution in [3.05, 3.63) is 59.4 Å². The first-order chi connectivity index (χ1) is 7.93. The molecule has 1 aromatic carbocycles. The van der Waals surface area contributed by atoms with E-state index < -0.39 is 0 Å². The van der Waals surface area contributed by atoms with Crippen LogP contribution in [0.5, 0.6) is 0 Å². The number of rotatable bonds is 0. The van der Waals surface area contributed by atoms with Gasteiger partial charge in [-0.1, -0.05) is 18.2 Å². The Bertz CT molecular complexity index is 606. The lowest BCUT2D eigenvalue weighted by molar-refractivity contribution is 1.31. The predicted octanol–water partition coefficient (Wildman–Crippen LogP) is 3.07. The van der Waals surface area contributed by atoms with Crippen molar-refractivity contribution in [1.29, 1.82) is 0 Å². The fourth-order valence-electron chi connectivity index (χ4n) is 2.35. The van der Waals surface area contributed by atoms with Crippen molar-refractivity contribution in [3.63, 3.8) is 0 Å². The number of hydrogen-bond donors (Lipinski definition) is 0. The molecule has 2 heteroatoms. The lowest BCUT2D eigenvalue weighted by Crippen LogP contribution is -1.94. The largest absolute Gasteiger partial charge is 0.264 e. The van der Waals surface area contributed by atoms with Crippen LogP contribution in [0.3, 0.4) is 0 Å². The van der Waals surface area contributed by atoms with Crippen LogP contribution in [0.25, 0.3) is 11.6 Å².